The first-order valence-electron chi connectivity index (χ1n) is 7.95. The van der Waals surface area contributed by atoms with E-state index in [4.69, 9.17) is 27.6 Å². The van der Waals surface area contributed by atoms with Crippen LogP contribution in [0, 0.1) is 0 Å². The predicted molar refractivity (Wildman–Crippen MR) is 107 cm³/mol. The van der Waals surface area contributed by atoms with Gasteiger partial charge in [0, 0.05) is 17.1 Å². The van der Waals surface area contributed by atoms with Crippen LogP contribution in [0.4, 0.5) is 17.1 Å². The molecule has 0 aliphatic rings. The average Bonchev–Trinajstić information content (AvgIpc) is 3.18. The molecule has 0 bridgehead atoms. The van der Waals surface area contributed by atoms with Gasteiger partial charge in [0.05, 0.1) is 22.9 Å². The van der Waals surface area contributed by atoms with Gasteiger partial charge in [0.25, 0.3) is 5.91 Å². The highest BCUT2D eigenvalue weighted by Crippen LogP contribution is 2.25. The molecule has 138 valence electrons. The summed E-state index contributed by atoms with van der Waals surface area (Å²) >= 11 is 11.8. The first-order chi connectivity index (χ1) is 13.0. The number of carbonyl (C=O) groups is 2. The van der Waals surface area contributed by atoms with Gasteiger partial charge >= 0.3 is 0 Å². The van der Waals surface area contributed by atoms with Crippen LogP contribution in [0.1, 0.15) is 10.6 Å². The molecule has 0 saturated heterocycles. The van der Waals surface area contributed by atoms with Crippen LogP contribution in [0.2, 0.25) is 10.0 Å². The Morgan fingerprint density at radius 2 is 1.63 bits per heavy atom. The third-order valence-electron chi connectivity index (χ3n) is 3.52. The van der Waals surface area contributed by atoms with Crippen LogP contribution in [0.3, 0.4) is 0 Å². The summed E-state index contributed by atoms with van der Waals surface area (Å²) in [6.45, 7) is 0.0426. The molecular weight excluding hydrogens is 389 g/mol. The molecule has 0 saturated carbocycles. The number of benzene rings is 2. The van der Waals surface area contributed by atoms with E-state index in [1.165, 1.54) is 6.26 Å². The third kappa shape index (κ3) is 5.26. The highest BCUT2D eigenvalue weighted by Gasteiger charge is 2.09. The molecule has 3 N–H and O–H groups in total. The van der Waals surface area contributed by atoms with Crippen molar-refractivity contribution < 1.29 is 14.0 Å². The maximum absolute atomic E-state index is 12.1. The summed E-state index contributed by atoms with van der Waals surface area (Å²) in [5.74, 6) is -0.421. The summed E-state index contributed by atoms with van der Waals surface area (Å²) < 4.78 is 5.04. The minimum absolute atomic E-state index is 0.0426. The van der Waals surface area contributed by atoms with Gasteiger partial charge in [0.1, 0.15) is 0 Å². The van der Waals surface area contributed by atoms with Crippen molar-refractivity contribution >= 4 is 52.1 Å². The molecule has 3 rings (SSSR count). The molecule has 0 aliphatic carbocycles. The molecule has 0 radical (unpaired) electrons. The maximum atomic E-state index is 12.1. The lowest BCUT2D eigenvalue weighted by atomic mass is 10.2. The zero-order chi connectivity index (χ0) is 19.2. The molecule has 2 aromatic carbocycles. The van der Waals surface area contributed by atoms with E-state index in [0.29, 0.717) is 27.1 Å². The predicted octanol–water partition coefficient (Wildman–Crippen LogP) is 4.89. The summed E-state index contributed by atoms with van der Waals surface area (Å²) in [5, 5.41) is 9.26. The zero-order valence-electron chi connectivity index (χ0n) is 14.0. The number of nitrogens with one attached hydrogen (secondary N) is 3. The van der Waals surface area contributed by atoms with Crippen LogP contribution in [-0.2, 0) is 4.79 Å². The SMILES string of the molecule is O=C(CNc1ccc(Cl)c(Cl)c1)Nc1cccc(NC(=O)c2ccco2)c1. The normalized spacial score (nSPS) is 10.3. The fourth-order valence-electron chi connectivity index (χ4n) is 2.27. The van der Waals surface area contributed by atoms with Gasteiger partial charge in [0.2, 0.25) is 5.91 Å². The van der Waals surface area contributed by atoms with Gasteiger partial charge < -0.3 is 20.4 Å². The van der Waals surface area contributed by atoms with Crippen molar-refractivity contribution in [2.75, 3.05) is 22.5 Å². The van der Waals surface area contributed by atoms with E-state index in [2.05, 4.69) is 16.0 Å². The standard InChI is InChI=1S/C19H15Cl2N3O3/c20-15-7-6-12(10-16(15)21)22-11-18(25)23-13-3-1-4-14(9-13)24-19(26)17-5-2-8-27-17/h1-10,22H,11H2,(H,23,25)(H,24,26). The Bertz CT molecular complexity index is 959. The lowest BCUT2D eigenvalue weighted by Crippen LogP contribution is -2.21. The van der Waals surface area contributed by atoms with Crippen molar-refractivity contribution in [3.05, 3.63) is 76.7 Å². The number of furan rings is 1. The van der Waals surface area contributed by atoms with Crippen molar-refractivity contribution in [3.8, 4) is 0 Å². The Labute approximate surface area is 165 Å². The average molecular weight is 404 g/mol. The number of hydrogen-bond donors (Lipinski definition) is 3. The van der Waals surface area contributed by atoms with E-state index in [1.807, 2.05) is 0 Å². The molecule has 6 nitrogen and oxygen atoms in total. The lowest BCUT2D eigenvalue weighted by Gasteiger charge is -2.10. The van der Waals surface area contributed by atoms with Gasteiger partial charge in [-0.25, -0.2) is 0 Å². The molecule has 0 aliphatic heterocycles. The van der Waals surface area contributed by atoms with Gasteiger partial charge in [-0.1, -0.05) is 29.3 Å². The molecule has 2 amide bonds. The van der Waals surface area contributed by atoms with E-state index in [0.717, 1.165) is 0 Å². The van der Waals surface area contributed by atoms with E-state index < -0.39 is 0 Å². The Hall–Kier alpha value is -2.96. The van der Waals surface area contributed by atoms with Crippen LogP contribution in [-0.4, -0.2) is 18.4 Å². The monoisotopic (exact) mass is 403 g/mol. The molecule has 0 atom stereocenters. The van der Waals surface area contributed by atoms with Crippen LogP contribution in [0.5, 0.6) is 0 Å². The van der Waals surface area contributed by atoms with Crippen LogP contribution in [0.25, 0.3) is 0 Å². The maximum Gasteiger partial charge on any atom is 0.291 e. The second-order valence-corrected chi connectivity index (χ2v) is 6.36. The minimum Gasteiger partial charge on any atom is -0.459 e. The molecule has 3 aromatic rings. The van der Waals surface area contributed by atoms with Crippen molar-refractivity contribution in [2.24, 2.45) is 0 Å². The molecule has 1 aromatic heterocycles. The highest BCUT2D eigenvalue weighted by atomic mass is 35.5. The fourth-order valence-corrected chi connectivity index (χ4v) is 2.57. The molecule has 8 heteroatoms. The zero-order valence-corrected chi connectivity index (χ0v) is 15.5. The van der Waals surface area contributed by atoms with Gasteiger partial charge in [-0.15, -0.1) is 0 Å². The Balaban J connectivity index is 1.56. The van der Waals surface area contributed by atoms with Crippen LogP contribution >= 0.6 is 23.2 Å². The summed E-state index contributed by atoms with van der Waals surface area (Å²) in [5.41, 5.74) is 1.76. The number of hydrogen-bond acceptors (Lipinski definition) is 4. The van der Waals surface area contributed by atoms with E-state index in [9.17, 15) is 9.59 Å². The van der Waals surface area contributed by atoms with Crippen molar-refractivity contribution in [3.63, 3.8) is 0 Å². The van der Waals surface area contributed by atoms with Crippen LogP contribution in [0.15, 0.2) is 65.3 Å². The van der Waals surface area contributed by atoms with Gasteiger partial charge in [0.15, 0.2) is 5.76 Å². The van der Waals surface area contributed by atoms with Crippen molar-refractivity contribution in [1.82, 2.24) is 0 Å². The fraction of sp³-hybridized carbons (Fsp3) is 0.0526. The van der Waals surface area contributed by atoms with E-state index in [-0.39, 0.29) is 24.1 Å². The molecular formula is C19H15Cl2N3O3. The number of halogens is 2. The molecule has 1 heterocycles. The summed E-state index contributed by atoms with van der Waals surface area (Å²) in [6, 6.07) is 15.0. The quantitative estimate of drug-likeness (QED) is 0.546. The number of rotatable bonds is 6. The first kappa shape index (κ1) is 18.8. The van der Waals surface area contributed by atoms with Crippen molar-refractivity contribution in [2.45, 2.75) is 0 Å². The minimum atomic E-state index is -0.371. The number of amides is 2. The molecule has 27 heavy (non-hydrogen) atoms. The van der Waals surface area contributed by atoms with Crippen molar-refractivity contribution in [1.29, 1.82) is 0 Å². The topological polar surface area (TPSA) is 83.4 Å². The number of anilines is 3. The van der Waals surface area contributed by atoms with Gasteiger partial charge in [-0.05, 0) is 48.5 Å². The first-order valence-corrected chi connectivity index (χ1v) is 8.70. The van der Waals surface area contributed by atoms with E-state index >= 15 is 0 Å². The van der Waals surface area contributed by atoms with Crippen LogP contribution < -0.4 is 16.0 Å². The summed E-state index contributed by atoms with van der Waals surface area (Å²) in [6.07, 6.45) is 1.42. The van der Waals surface area contributed by atoms with Gasteiger partial charge in [-0.2, -0.15) is 0 Å². The molecule has 0 fully saturated rings. The third-order valence-corrected chi connectivity index (χ3v) is 4.26. The summed E-state index contributed by atoms with van der Waals surface area (Å²) in [7, 11) is 0. The Morgan fingerprint density at radius 3 is 2.33 bits per heavy atom. The largest absolute Gasteiger partial charge is 0.459 e. The second kappa shape index (κ2) is 8.62. The Kier molecular flexibility index (Phi) is 6.01. The Morgan fingerprint density at radius 1 is 0.852 bits per heavy atom. The molecule has 0 spiro atoms. The summed E-state index contributed by atoms with van der Waals surface area (Å²) in [4.78, 5) is 24.1. The molecule has 0 unspecified atom stereocenters. The lowest BCUT2D eigenvalue weighted by molar-refractivity contribution is -0.114. The smallest absolute Gasteiger partial charge is 0.291 e. The number of carbonyl (C=O) groups excluding carboxylic acids is 2. The van der Waals surface area contributed by atoms with E-state index in [1.54, 1.807) is 54.6 Å². The second-order valence-electron chi connectivity index (χ2n) is 5.54. The highest BCUT2D eigenvalue weighted by molar-refractivity contribution is 6.42. The van der Waals surface area contributed by atoms with Gasteiger partial charge in [-0.3, -0.25) is 9.59 Å².